The highest BCUT2D eigenvalue weighted by Gasteiger charge is 2.31. The second-order valence-corrected chi connectivity index (χ2v) is 8.37. The van der Waals surface area contributed by atoms with Crippen molar-refractivity contribution in [3.8, 4) is 0 Å². The van der Waals surface area contributed by atoms with Crippen LogP contribution in [0.1, 0.15) is 26.7 Å². The summed E-state index contributed by atoms with van der Waals surface area (Å²) in [7, 11) is -3.40. The largest absolute Gasteiger partial charge is 0.243 e. The lowest BCUT2D eigenvalue weighted by atomic mass is 9.87. The van der Waals surface area contributed by atoms with Crippen LogP contribution < -0.4 is 0 Å². The number of nitrogens with zero attached hydrogens (tertiary/aromatic N) is 1. The van der Waals surface area contributed by atoms with Crippen LogP contribution in [0.3, 0.4) is 0 Å². The zero-order chi connectivity index (χ0) is 15.7. The van der Waals surface area contributed by atoms with Crippen LogP contribution in [0.25, 0.3) is 10.8 Å². The summed E-state index contributed by atoms with van der Waals surface area (Å²) in [6.45, 7) is 5.71. The van der Waals surface area contributed by atoms with Gasteiger partial charge in [0.1, 0.15) is 0 Å². The Kier molecular flexibility index (Phi) is 4.24. The van der Waals surface area contributed by atoms with Crippen molar-refractivity contribution < 1.29 is 8.42 Å². The highest BCUT2D eigenvalue weighted by Crippen LogP contribution is 2.30. The van der Waals surface area contributed by atoms with Gasteiger partial charge >= 0.3 is 0 Å². The second kappa shape index (κ2) is 6.01. The molecule has 0 N–H and O–H groups in total. The van der Waals surface area contributed by atoms with E-state index in [0.717, 1.165) is 23.6 Å². The van der Waals surface area contributed by atoms with E-state index in [2.05, 4.69) is 13.8 Å². The van der Waals surface area contributed by atoms with Crippen molar-refractivity contribution in [2.24, 2.45) is 11.8 Å². The number of benzene rings is 2. The minimum atomic E-state index is -3.40. The molecule has 1 saturated heterocycles. The molecular weight excluding hydrogens is 294 g/mol. The third kappa shape index (κ3) is 2.77. The number of hydrogen-bond acceptors (Lipinski definition) is 2. The molecule has 1 fully saturated rings. The molecule has 1 aliphatic heterocycles. The van der Waals surface area contributed by atoms with Gasteiger partial charge in [0.2, 0.25) is 10.0 Å². The summed E-state index contributed by atoms with van der Waals surface area (Å²) in [6.07, 6.45) is 1.92. The summed E-state index contributed by atoms with van der Waals surface area (Å²) in [6, 6.07) is 13.2. The summed E-state index contributed by atoms with van der Waals surface area (Å²) < 4.78 is 27.7. The SMILES string of the molecule is CC(C)C1CCN(S(=O)(=O)c2cccc3ccccc23)CC1. The summed E-state index contributed by atoms with van der Waals surface area (Å²) in [5, 5.41) is 1.79. The molecule has 0 amide bonds. The molecule has 1 heterocycles. The monoisotopic (exact) mass is 317 g/mol. The molecule has 0 aromatic heterocycles. The van der Waals surface area contributed by atoms with Gasteiger partial charge in [-0.15, -0.1) is 0 Å². The predicted molar refractivity (Wildman–Crippen MR) is 90.3 cm³/mol. The average Bonchev–Trinajstić information content (AvgIpc) is 2.54. The first kappa shape index (κ1) is 15.5. The lowest BCUT2D eigenvalue weighted by Crippen LogP contribution is -2.39. The number of fused-ring (bicyclic) bond motifs is 1. The highest BCUT2D eigenvalue weighted by atomic mass is 32.2. The van der Waals surface area contributed by atoms with E-state index in [9.17, 15) is 8.42 Å². The Morgan fingerprint density at radius 1 is 1.00 bits per heavy atom. The van der Waals surface area contributed by atoms with E-state index in [-0.39, 0.29) is 0 Å². The Balaban J connectivity index is 1.93. The van der Waals surface area contributed by atoms with Gasteiger partial charge in [-0.25, -0.2) is 8.42 Å². The molecule has 22 heavy (non-hydrogen) atoms. The predicted octanol–water partition coefficient (Wildman–Crippen LogP) is 3.90. The average molecular weight is 317 g/mol. The van der Waals surface area contributed by atoms with Crippen LogP contribution in [0.5, 0.6) is 0 Å². The maximum atomic E-state index is 13.0. The van der Waals surface area contributed by atoms with Crippen LogP contribution in [0.4, 0.5) is 0 Å². The molecule has 118 valence electrons. The van der Waals surface area contributed by atoms with Gasteiger partial charge in [-0.3, -0.25) is 0 Å². The molecule has 3 rings (SSSR count). The van der Waals surface area contributed by atoms with Crippen molar-refractivity contribution in [1.82, 2.24) is 4.31 Å². The van der Waals surface area contributed by atoms with Crippen LogP contribution in [0, 0.1) is 11.8 Å². The lowest BCUT2D eigenvalue weighted by Gasteiger charge is -2.33. The van der Waals surface area contributed by atoms with Crippen molar-refractivity contribution in [2.45, 2.75) is 31.6 Å². The Bertz CT molecular complexity index is 754. The third-order valence-corrected chi connectivity index (χ3v) is 6.77. The fraction of sp³-hybridized carbons (Fsp3) is 0.444. The minimum absolute atomic E-state index is 0.439. The number of rotatable bonds is 3. The van der Waals surface area contributed by atoms with Crippen molar-refractivity contribution in [3.63, 3.8) is 0 Å². The van der Waals surface area contributed by atoms with Crippen molar-refractivity contribution in [2.75, 3.05) is 13.1 Å². The number of sulfonamides is 1. The first-order valence-corrected chi connectivity index (χ1v) is 9.42. The molecule has 0 radical (unpaired) electrons. The molecule has 2 aromatic rings. The highest BCUT2D eigenvalue weighted by molar-refractivity contribution is 7.89. The third-order valence-electron chi connectivity index (χ3n) is 4.81. The Morgan fingerprint density at radius 2 is 1.64 bits per heavy atom. The summed E-state index contributed by atoms with van der Waals surface area (Å²) in [4.78, 5) is 0.439. The molecule has 0 saturated carbocycles. The molecule has 2 aromatic carbocycles. The van der Waals surface area contributed by atoms with Crippen LogP contribution in [0.2, 0.25) is 0 Å². The molecule has 0 unspecified atom stereocenters. The van der Waals surface area contributed by atoms with Crippen LogP contribution in [0.15, 0.2) is 47.4 Å². The Hall–Kier alpha value is -1.39. The van der Waals surface area contributed by atoms with Gasteiger partial charge in [0.15, 0.2) is 0 Å². The van der Waals surface area contributed by atoms with Crippen LogP contribution >= 0.6 is 0 Å². The summed E-state index contributed by atoms with van der Waals surface area (Å²) in [5.41, 5.74) is 0. The van der Waals surface area contributed by atoms with Gasteiger partial charge in [0, 0.05) is 18.5 Å². The van der Waals surface area contributed by atoms with Gasteiger partial charge in [-0.05, 0) is 36.1 Å². The Morgan fingerprint density at radius 3 is 2.32 bits per heavy atom. The fourth-order valence-corrected chi connectivity index (χ4v) is 5.03. The van der Waals surface area contributed by atoms with Gasteiger partial charge in [-0.1, -0.05) is 50.2 Å². The summed E-state index contributed by atoms with van der Waals surface area (Å²) >= 11 is 0. The van der Waals surface area contributed by atoms with E-state index in [1.807, 2.05) is 36.4 Å². The van der Waals surface area contributed by atoms with Crippen molar-refractivity contribution in [1.29, 1.82) is 0 Å². The molecule has 0 aliphatic carbocycles. The van der Waals surface area contributed by atoms with E-state index < -0.39 is 10.0 Å². The number of piperidine rings is 1. The second-order valence-electron chi connectivity index (χ2n) is 6.46. The zero-order valence-corrected chi connectivity index (χ0v) is 14.0. The Labute approximate surface area is 133 Å². The maximum Gasteiger partial charge on any atom is 0.243 e. The molecule has 0 bridgehead atoms. The number of hydrogen-bond donors (Lipinski definition) is 0. The van der Waals surface area contributed by atoms with Gasteiger partial charge in [-0.2, -0.15) is 4.31 Å². The van der Waals surface area contributed by atoms with E-state index in [4.69, 9.17) is 0 Å². The zero-order valence-electron chi connectivity index (χ0n) is 13.2. The van der Waals surface area contributed by atoms with Crippen LogP contribution in [-0.2, 0) is 10.0 Å². The minimum Gasteiger partial charge on any atom is -0.207 e. The van der Waals surface area contributed by atoms with Gasteiger partial charge in [0.25, 0.3) is 0 Å². The molecule has 0 atom stereocenters. The first-order valence-electron chi connectivity index (χ1n) is 7.98. The fourth-order valence-electron chi connectivity index (χ4n) is 3.34. The van der Waals surface area contributed by atoms with Crippen LogP contribution in [-0.4, -0.2) is 25.8 Å². The van der Waals surface area contributed by atoms with E-state index in [0.29, 0.717) is 29.8 Å². The van der Waals surface area contributed by atoms with Gasteiger partial charge < -0.3 is 0 Å². The first-order chi connectivity index (χ1) is 10.5. The van der Waals surface area contributed by atoms with Crippen molar-refractivity contribution >= 4 is 20.8 Å². The molecule has 1 aliphatic rings. The quantitative estimate of drug-likeness (QED) is 0.861. The summed E-state index contributed by atoms with van der Waals surface area (Å²) in [5.74, 6) is 1.27. The molecule has 4 heteroatoms. The van der Waals surface area contributed by atoms with Gasteiger partial charge in [0.05, 0.1) is 4.90 Å². The molecular formula is C18H23NO2S. The molecule has 3 nitrogen and oxygen atoms in total. The standard InChI is InChI=1S/C18H23NO2S/c1-14(2)15-10-12-19(13-11-15)22(20,21)18-9-5-7-16-6-3-4-8-17(16)18/h3-9,14-15H,10-13H2,1-2H3. The smallest absolute Gasteiger partial charge is 0.207 e. The normalized spacial score (nSPS) is 18.1. The van der Waals surface area contributed by atoms with Crippen molar-refractivity contribution in [3.05, 3.63) is 42.5 Å². The van der Waals surface area contributed by atoms with E-state index in [1.165, 1.54) is 0 Å². The van der Waals surface area contributed by atoms with E-state index >= 15 is 0 Å². The van der Waals surface area contributed by atoms with E-state index in [1.54, 1.807) is 10.4 Å². The molecule has 0 spiro atoms. The lowest BCUT2D eigenvalue weighted by molar-refractivity contribution is 0.226. The maximum absolute atomic E-state index is 13.0. The topological polar surface area (TPSA) is 37.4 Å².